The Labute approximate surface area is 178 Å². The fourth-order valence-corrected chi connectivity index (χ4v) is 4.47. The number of nitrogens with zero attached hydrogens (tertiary/aromatic N) is 2. The zero-order chi connectivity index (χ0) is 21.0. The number of benzene rings is 3. The fraction of sp³-hybridized carbons (Fsp3) is 0.0952. The van der Waals surface area contributed by atoms with Gasteiger partial charge in [0.05, 0.1) is 16.5 Å². The Morgan fingerprint density at radius 1 is 0.931 bits per heavy atom. The molecule has 4 nitrogen and oxygen atoms in total. The van der Waals surface area contributed by atoms with Gasteiger partial charge in [-0.15, -0.1) is 0 Å². The highest BCUT2D eigenvalue weighted by Gasteiger charge is 2.26. The van der Waals surface area contributed by atoms with E-state index in [-0.39, 0.29) is 23.0 Å². The molecule has 0 aliphatic heterocycles. The van der Waals surface area contributed by atoms with Crippen molar-refractivity contribution in [2.24, 2.45) is 0 Å². The maximum atomic E-state index is 13.4. The van der Waals surface area contributed by atoms with E-state index in [0.717, 1.165) is 6.07 Å². The highest BCUT2D eigenvalue weighted by Crippen LogP contribution is 2.26. The third-order valence-electron chi connectivity index (χ3n) is 4.26. The summed E-state index contributed by atoms with van der Waals surface area (Å²) in [6, 6.07) is 18.3. The summed E-state index contributed by atoms with van der Waals surface area (Å²) >= 11 is 12.0. The lowest BCUT2D eigenvalue weighted by Crippen LogP contribution is -2.30. The van der Waals surface area contributed by atoms with Gasteiger partial charge in [-0.1, -0.05) is 41.4 Å². The molecule has 0 saturated heterocycles. The molecule has 0 spiro atoms. The van der Waals surface area contributed by atoms with Crippen LogP contribution in [0.2, 0.25) is 10.0 Å². The maximum absolute atomic E-state index is 13.4. The minimum atomic E-state index is -3.90. The average Bonchev–Trinajstić information content (AvgIpc) is 2.70. The van der Waals surface area contributed by atoms with Gasteiger partial charge in [-0.25, -0.2) is 12.8 Å². The van der Waals surface area contributed by atoms with Gasteiger partial charge in [0.25, 0.3) is 0 Å². The average molecular weight is 449 g/mol. The second-order valence-electron chi connectivity index (χ2n) is 6.27. The first-order valence-electron chi connectivity index (χ1n) is 8.48. The van der Waals surface area contributed by atoms with Crippen LogP contribution in [0, 0.1) is 17.1 Å². The predicted molar refractivity (Wildman–Crippen MR) is 110 cm³/mol. The van der Waals surface area contributed by atoms with E-state index in [9.17, 15) is 12.8 Å². The van der Waals surface area contributed by atoms with Crippen LogP contribution in [-0.4, -0.2) is 12.7 Å². The molecule has 8 heteroatoms. The van der Waals surface area contributed by atoms with E-state index in [0.29, 0.717) is 21.7 Å². The number of sulfonamides is 1. The van der Waals surface area contributed by atoms with Crippen molar-refractivity contribution in [2.75, 3.05) is 0 Å². The molecule has 0 fully saturated rings. The predicted octanol–water partition coefficient (Wildman–Crippen LogP) is 5.40. The van der Waals surface area contributed by atoms with Crippen LogP contribution in [0.25, 0.3) is 0 Å². The van der Waals surface area contributed by atoms with Crippen molar-refractivity contribution in [1.82, 2.24) is 4.31 Å². The minimum Gasteiger partial charge on any atom is -0.207 e. The minimum absolute atomic E-state index is 0.0460. The van der Waals surface area contributed by atoms with Gasteiger partial charge in [-0.05, 0) is 59.7 Å². The second-order valence-corrected chi connectivity index (χ2v) is 9.05. The lowest BCUT2D eigenvalue weighted by atomic mass is 10.1. The zero-order valence-electron chi connectivity index (χ0n) is 15.0. The summed E-state index contributed by atoms with van der Waals surface area (Å²) in [5.74, 6) is -0.502. The van der Waals surface area contributed by atoms with E-state index in [1.807, 2.05) is 6.07 Å². The second kappa shape index (κ2) is 8.93. The topological polar surface area (TPSA) is 61.2 Å². The molecule has 148 valence electrons. The molecule has 3 aromatic carbocycles. The van der Waals surface area contributed by atoms with Gasteiger partial charge < -0.3 is 0 Å². The lowest BCUT2D eigenvalue weighted by molar-refractivity contribution is 0.401. The molecular formula is C21H15Cl2FN2O2S. The van der Waals surface area contributed by atoms with Crippen LogP contribution in [0.3, 0.4) is 0 Å². The molecule has 29 heavy (non-hydrogen) atoms. The smallest absolute Gasteiger partial charge is 0.207 e. The van der Waals surface area contributed by atoms with Crippen molar-refractivity contribution in [3.05, 3.63) is 99.3 Å². The van der Waals surface area contributed by atoms with Crippen LogP contribution < -0.4 is 0 Å². The molecule has 0 aromatic heterocycles. The summed E-state index contributed by atoms with van der Waals surface area (Å²) in [6.45, 7) is -0.00551. The van der Waals surface area contributed by atoms with Crippen molar-refractivity contribution >= 4 is 33.2 Å². The third-order valence-corrected chi connectivity index (χ3v) is 6.66. The van der Waals surface area contributed by atoms with E-state index < -0.39 is 15.8 Å². The SMILES string of the molecule is N#Cc1ccc(CN(Cc2ccc(F)cc2Cl)S(=O)(=O)c2ccc(Cl)cc2)cc1. The Bertz CT molecular complexity index is 1160. The summed E-state index contributed by atoms with van der Waals surface area (Å²) in [7, 11) is -3.90. The number of hydrogen-bond acceptors (Lipinski definition) is 3. The normalized spacial score (nSPS) is 11.4. The highest BCUT2D eigenvalue weighted by atomic mass is 35.5. The van der Waals surface area contributed by atoms with Crippen molar-refractivity contribution in [1.29, 1.82) is 5.26 Å². The van der Waals surface area contributed by atoms with Gasteiger partial charge in [-0.3, -0.25) is 0 Å². The summed E-state index contributed by atoms with van der Waals surface area (Å²) in [5.41, 5.74) is 1.64. The van der Waals surface area contributed by atoms with Crippen LogP contribution in [0.4, 0.5) is 4.39 Å². The molecule has 0 N–H and O–H groups in total. The Morgan fingerprint density at radius 3 is 2.17 bits per heavy atom. The Hall–Kier alpha value is -2.43. The maximum Gasteiger partial charge on any atom is 0.243 e. The molecule has 0 radical (unpaired) electrons. The Morgan fingerprint density at radius 2 is 1.59 bits per heavy atom. The van der Waals surface area contributed by atoms with Gasteiger partial charge >= 0.3 is 0 Å². The number of halogens is 3. The first kappa shape index (κ1) is 21.3. The van der Waals surface area contributed by atoms with Gasteiger partial charge in [0.1, 0.15) is 5.82 Å². The van der Waals surface area contributed by atoms with E-state index in [4.69, 9.17) is 28.5 Å². The molecule has 3 aromatic rings. The van der Waals surface area contributed by atoms with E-state index in [1.165, 1.54) is 40.7 Å². The van der Waals surface area contributed by atoms with E-state index in [2.05, 4.69) is 0 Å². The van der Waals surface area contributed by atoms with Crippen molar-refractivity contribution in [3.63, 3.8) is 0 Å². The third kappa shape index (κ3) is 5.14. The van der Waals surface area contributed by atoms with Crippen LogP contribution in [0.15, 0.2) is 71.6 Å². The van der Waals surface area contributed by atoms with Gasteiger partial charge in [-0.2, -0.15) is 9.57 Å². The lowest BCUT2D eigenvalue weighted by Gasteiger charge is -2.23. The van der Waals surface area contributed by atoms with Crippen molar-refractivity contribution in [3.8, 4) is 6.07 Å². The summed E-state index contributed by atoms with van der Waals surface area (Å²) in [6.07, 6.45) is 0. The molecule has 0 aliphatic rings. The standard InChI is InChI=1S/C21H15Cl2FN2O2S/c22-18-6-9-20(10-7-18)29(27,28)26(13-16-3-1-15(12-25)2-4-16)14-17-5-8-19(24)11-21(17)23/h1-11H,13-14H2. The molecule has 0 bridgehead atoms. The first-order chi connectivity index (χ1) is 13.8. The number of hydrogen-bond donors (Lipinski definition) is 0. The van der Waals surface area contributed by atoms with Crippen LogP contribution in [0.1, 0.15) is 16.7 Å². The molecule has 0 saturated carbocycles. The molecule has 0 amide bonds. The molecule has 0 atom stereocenters. The van der Waals surface area contributed by atoms with Crippen LogP contribution in [-0.2, 0) is 23.1 Å². The quantitative estimate of drug-likeness (QED) is 0.507. The van der Waals surface area contributed by atoms with Crippen LogP contribution in [0.5, 0.6) is 0 Å². The number of nitriles is 1. The van der Waals surface area contributed by atoms with Crippen molar-refractivity contribution in [2.45, 2.75) is 18.0 Å². The fourth-order valence-electron chi connectivity index (χ4n) is 2.71. The van der Waals surface area contributed by atoms with Gasteiger partial charge in [0.2, 0.25) is 10.0 Å². The summed E-state index contributed by atoms with van der Waals surface area (Å²) in [4.78, 5) is 0.0776. The highest BCUT2D eigenvalue weighted by molar-refractivity contribution is 7.89. The monoisotopic (exact) mass is 448 g/mol. The number of rotatable bonds is 6. The zero-order valence-corrected chi connectivity index (χ0v) is 17.3. The molecule has 0 aliphatic carbocycles. The van der Waals surface area contributed by atoms with Crippen LogP contribution >= 0.6 is 23.2 Å². The van der Waals surface area contributed by atoms with Gasteiger partial charge in [0, 0.05) is 23.1 Å². The Kier molecular flexibility index (Phi) is 6.56. The largest absolute Gasteiger partial charge is 0.243 e. The van der Waals surface area contributed by atoms with E-state index in [1.54, 1.807) is 24.3 Å². The van der Waals surface area contributed by atoms with Gasteiger partial charge in [0.15, 0.2) is 0 Å². The first-order valence-corrected chi connectivity index (χ1v) is 10.7. The summed E-state index contributed by atoms with van der Waals surface area (Å²) < 4.78 is 41.2. The molecule has 3 rings (SSSR count). The van der Waals surface area contributed by atoms with Crippen molar-refractivity contribution < 1.29 is 12.8 Å². The summed E-state index contributed by atoms with van der Waals surface area (Å²) in [5, 5.41) is 9.51. The molecular weight excluding hydrogens is 434 g/mol. The van der Waals surface area contributed by atoms with E-state index >= 15 is 0 Å². The molecule has 0 unspecified atom stereocenters. The molecule has 0 heterocycles. The Balaban J connectivity index is 1.99.